The van der Waals surface area contributed by atoms with Gasteiger partial charge in [-0.15, -0.1) is 0 Å². The molecule has 0 heterocycles. The lowest BCUT2D eigenvalue weighted by atomic mass is 10.2. The van der Waals surface area contributed by atoms with Gasteiger partial charge in [0.2, 0.25) is 0 Å². The molecule has 0 aromatic heterocycles. The summed E-state index contributed by atoms with van der Waals surface area (Å²) in [7, 11) is 0. The van der Waals surface area contributed by atoms with Gasteiger partial charge in [0, 0.05) is 6.42 Å². The van der Waals surface area contributed by atoms with Crippen molar-refractivity contribution < 1.29 is 4.79 Å². The zero-order valence-corrected chi connectivity index (χ0v) is 6.20. The van der Waals surface area contributed by atoms with Gasteiger partial charge in [-0.25, -0.2) is 0 Å². The molecule has 0 N–H and O–H groups in total. The minimum atomic E-state index is -0.393. The van der Waals surface area contributed by atoms with E-state index in [1.54, 1.807) is 13.8 Å². The lowest BCUT2D eigenvalue weighted by Crippen LogP contribution is -1.93. The number of hydrogen-bond acceptors (Lipinski definition) is 3. The van der Waals surface area contributed by atoms with E-state index in [1.165, 1.54) is 12.2 Å². The highest BCUT2D eigenvalue weighted by atomic mass is 16.3. The van der Waals surface area contributed by atoms with Gasteiger partial charge >= 0.3 is 0 Å². The van der Waals surface area contributed by atoms with Gasteiger partial charge in [0.15, 0.2) is 5.78 Å². The number of allylic oxidation sites excluding steroid dienone is 1. The summed E-state index contributed by atoms with van der Waals surface area (Å²) in [4.78, 5) is 20.4. The minimum Gasteiger partial charge on any atom is -0.295 e. The van der Waals surface area contributed by atoms with E-state index in [1.807, 2.05) is 0 Å². The standard InChI is InChI=1S/C7H11NO2/c1-3-7(9)5-4-6(2)8-10/h4-6H,3H2,1-2H3/b5-4-. The van der Waals surface area contributed by atoms with Crippen LogP contribution in [0.1, 0.15) is 20.3 Å². The van der Waals surface area contributed by atoms with Crippen LogP contribution >= 0.6 is 0 Å². The van der Waals surface area contributed by atoms with Crippen molar-refractivity contribution in [3.05, 3.63) is 17.1 Å². The van der Waals surface area contributed by atoms with Crippen molar-refractivity contribution >= 4 is 5.78 Å². The molecule has 3 heteroatoms. The third kappa shape index (κ3) is 3.95. The summed E-state index contributed by atoms with van der Waals surface area (Å²) < 4.78 is 0. The number of carbonyl (C=O) groups is 1. The average Bonchev–Trinajstić information content (AvgIpc) is 1.99. The molecule has 56 valence electrons. The van der Waals surface area contributed by atoms with Gasteiger partial charge in [-0.3, -0.25) is 4.79 Å². The van der Waals surface area contributed by atoms with Crippen LogP contribution in [-0.2, 0) is 4.79 Å². The summed E-state index contributed by atoms with van der Waals surface area (Å²) in [5.74, 6) is 0.0236. The molecule has 0 aliphatic carbocycles. The molecule has 0 aromatic carbocycles. The number of hydrogen-bond donors (Lipinski definition) is 0. The highest BCUT2D eigenvalue weighted by Crippen LogP contribution is 1.91. The molecule has 0 saturated heterocycles. The lowest BCUT2D eigenvalue weighted by Gasteiger charge is -1.89. The number of carbonyl (C=O) groups excluding carboxylic acids is 1. The molecule has 0 radical (unpaired) electrons. The number of ketones is 1. The fourth-order valence-corrected chi connectivity index (χ4v) is 0.400. The second-order valence-electron chi connectivity index (χ2n) is 2.02. The normalized spacial score (nSPS) is 13.4. The number of rotatable bonds is 4. The van der Waals surface area contributed by atoms with Gasteiger partial charge in [0.05, 0.1) is 0 Å². The van der Waals surface area contributed by atoms with Crippen molar-refractivity contribution in [2.75, 3.05) is 0 Å². The van der Waals surface area contributed by atoms with Gasteiger partial charge in [-0.05, 0) is 13.0 Å². The molecule has 0 spiro atoms. The van der Waals surface area contributed by atoms with Crippen LogP contribution in [0.25, 0.3) is 0 Å². The van der Waals surface area contributed by atoms with Crippen LogP contribution in [0, 0.1) is 4.91 Å². The topological polar surface area (TPSA) is 46.5 Å². The Hall–Kier alpha value is -0.990. The van der Waals surface area contributed by atoms with E-state index < -0.39 is 6.04 Å². The van der Waals surface area contributed by atoms with Gasteiger partial charge in [0.1, 0.15) is 6.04 Å². The predicted octanol–water partition coefficient (Wildman–Crippen LogP) is 1.68. The Bertz CT molecular complexity index is 152. The Labute approximate surface area is 60.1 Å². The van der Waals surface area contributed by atoms with E-state index >= 15 is 0 Å². The molecule has 0 aliphatic rings. The molecular weight excluding hydrogens is 130 g/mol. The Kier molecular flexibility index (Phi) is 4.37. The molecule has 0 rings (SSSR count). The molecule has 0 saturated carbocycles. The van der Waals surface area contributed by atoms with Crippen LogP contribution in [-0.4, -0.2) is 11.8 Å². The molecule has 10 heavy (non-hydrogen) atoms. The highest BCUT2D eigenvalue weighted by Gasteiger charge is 1.94. The Morgan fingerprint density at radius 3 is 2.70 bits per heavy atom. The van der Waals surface area contributed by atoms with Crippen molar-refractivity contribution in [3.8, 4) is 0 Å². The van der Waals surface area contributed by atoms with E-state index in [2.05, 4.69) is 5.18 Å². The SMILES string of the molecule is CCC(=O)/C=C\C(C)N=O. The van der Waals surface area contributed by atoms with E-state index in [0.717, 1.165) is 0 Å². The number of nitrogens with zero attached hydrogens (tertiary/aromatic N) is 1. The third-order valence-electron chi connectivity index (χ3n) is 1.08. The fraction of sp³-hybridized carbons (Fsp3) is 0.571. The molecule has 0 aliphatic heterocycles. The van der Waals surface area contributed by atoms with Crippen molar-refractivity contribution in [1.29, 1.82) is 0 Å². The second-order valence-corrected chi connectivity index (χ2v) is 2.02. The summed E-state index contributed by atoms with van der Waals surface area (Å²) in [6, 6.07) is -0.393. The van der Waals surface area contributed by atoms with Crippen LogP contribution in [0.3, 0.4) is 0 Å². The summed E-state index contributed by atoms with van der Waals surface area (Å²) in [6.07, 6.45) is 3.37. The minimum absolute atomic E-state index is 0.0236. The molecule has 3 nitrogen and oxygen atoms in total. The molecular formula is C7H11NO2. The monoisotopic (exact) mass is 141 g/mol. The molecule has 0 aromatic rings. The highest BCUT2D eigenvalue weighted by molar-refractivity contribution is 5.89. The van der Waals surface area contributed by atoms with Gasteiger partial charge in [-0.2, -0.15) is 4.91 Å². The van der Waals surface area contributed by atoms with Crippen LogP contribution in [0.5, 0.6) is 0 Å². The zero-order chi connectivity index (χ0) is 7.98. The lowest BCUT2D eigenvalue weighted by molar-refractivity contribution is -0.114. The summed E-state index contributed by atoms with van der Waals surface area (Å²) in [5.41, 5.74) is 0. The molecule has 0 amide bonds. The Morgan fingerprint density at radius 2 is 2.30 bits per heavy atom. The third-order valence-corrected chi connectivity index (χ3v) is 1.08. The van der Waals surface area contributed by atoms with E-state index in [0.29, 0.717) is 6.42 Å². The number of nitroso groups, excluding NO2 is 1. The predicted molar refractivity (Wildman–Crippen MR) is 39.7 cm³/mol. The van der Waals surface area contributed by atoms with Gasteiger partial charge in [-0.1, -0.05) is 18.2 Å². The Balaban J connectivity index is 3.74. The van der Waals surface area contributed by atoms with E-state index in [4.69, 9.17) is 0 Å². The molecule has 0 bridgehead atoms. The first-order valence-electron chi connectivity index (χ1n) is 3.24. The molecule has 0 fully saturated rings. The van der Waals surface area contributed by atoms with Crippen LogP contribution < -0.4 is 0 Å². The first kappa shape index (κ1) is 9.01. The summed E-state index contributed by atoms with van der Waals surface area (Å²) in [6.45, 7) is 3.40. The van der Waals surface area contributed by atoms with Crippen molar-refractivity contribution in [2.45, 2.75) is 26.3 Å². The van der Waals surface area contributed by atoms with Crippen LogP contribution in [0.4, 0.5) is 0 Å². The molecule has 1 unspecified atom stereocenters. The average molecular weight is 141 g/mol. The van der Waals surface area contributed by atoms with Crippen LogP contribution in [0.15, 0.2) is 17.3 Å². The first-order valence-corrected chi connectivity index (χ1v) is 3.24. The summed E-state index contributed by atoms with van der Waals surface area (Å²) >= 11 is 0. The van der Waals surface area contributed by atoms with E-state index in [-0.39, 0.29) is 5.78 Å². The van der Waals surface area contributed by atoms with Gasteiger partial charge in [0.25, 0.3) is 0 Å². The van der Waals surface area contributed by atoms with E-state index in [9.17, 15) is 9.70 Å². The fourth-order valence-electron chi connectivity index (χ4n) is 0.400. The molecule has 1 atom stereocenters. The smallest absolute Gasteiger partial charge is 0.155 e. The maximum absolute atomic E-state index is 10.6. The van der Waals surface area contributed by atoms with Crippen molar-refractivity contribution in [2.24, 2.45) is 5.18 Å². The zero-order valence-electron chi connectivity index (χ0n) is 6.20. The Morgan fingerprint density at radius 1 is 1.70 bits per heavy atom. The summed E-state index contributed by atoms with van der Waals surface area (Å²) in [5, 5.41) is 2.71. The second kappa shape index (κ2) is 4.85. The quantitative estimate of drug-likeness (QED) is 0.441. The van der Waals surface area contributed by atoms with Gasteiger partial charge < -0.3 is 0 Å². The van der Waals surface area contributed by atoms with Crippen molar-refractivity contribution in [3.63, 3.8) is 0 Å². The maximum atomic E-state index is 10.6. The largest absolute Gasteiger partial charge is 0.295 e. The first-order chi connectivity index (χ1) is 4.70. The maximum Gasteiger partial charge on any atom is 0.155 e. The van der Waals surface area contributed by atoms with Crippen LogP contribution in [0.2, 0.25) is 0 Å². The van der Waals surface area contributed by atoms with Crippen molar-refractivity contribution in [1.82, 2.24) is 0 Å².